The van der Waals surface area contributed by atoms with Crippen molar-refractivity contribution in [2.24, 2.45) is 0 Å². The first kappa shape index (κ1) is 19.5. The number of anilines is 1. The molecule has 0 spiro atoms. The molecule has 0 saturated heterocycles. The van der Waals surface area contributed by atoms with E-state index in [1.165, 1.54) is 24.3 Å². The van der Waals surface area contributed by atoms with E-state index < -0.39 is 23.5 Å². The van der Waals surface area contributed by atoms with E-state index in [4.69, 9.17) is 0 Å². The summed E-state index contributed by atoms with van der Waals surface area (Å²) in [4.78, 5) is 39.5. The molecule has 0 fully saturated rings. The number of hydrogen-bond donors (Lipinski definition) is 1. The van der Waals surface area contributed by atoms with Crippen molar-refractivity contribution in [1.29, 1.82) is 0 Å². The van der Waals surface area contributed by atoms with Crippen LogP contribution in [0.4, 0.5) is 10.1 Å². The van der Waals surface area contributed by atoms with Gasteiger partial charge in [0.25, 0.3) is 17.7 Å². The molecule has 3 amide bonds. The standard InChI is InChI=1S/C24H19FN2O3/c1-14-7-8-15(2)21(11-14)27-23(29)18-10-9-16(12-19(18)24(27)30)22(28)26-13-17-5-3-4-6-20(17)25/h3-12H,13H2,1-2H3,(H,26,28). The molecule has 5 nitrogen and oxygen atoms in total. The van der Waals surface area contributed by atoms with E-state index >= 15 is 0 Å². The quantitative estimate of drug-likeness (QED) is 0.666. The molecule has 150 valence electrons. The lowest BCUT2D eigenvalue weighted by Crippen LogP contribution is -2.30. The van der Waals surface area contributed by atoms with Gasteiger partial charge in [0, 0.05) is 17.7 Å². The zero-order valence-corrected chi connectivity index (χ0v) is 16.5. The minimum Gasteiger partial charge on any atom is -0.348 e. The summed E-state index contributed by atoms with van der Waals surface area (Å²) in [6.07, 6.45) is 0. The number of aryl methyl sites for hydroxylation is 2. The predicted octanol–water partition coefficient (Wildman–Crippen LogP) is 4.17. The smallest absolute Gasteiger partial charge is 0.266 e. The Hall–Kier alpha value is -3.80. The number of fused-ring (bicyclic) bond motifs is 1. The number of amides is 3. The second-order valence-electron chi connectivity index (χ2n) is 7.27. The summed E-state index contributed by atoms with van der Waals surface area (Å²) >= 11 is 0. The van der Waals surface area contributed by atoms with E-state index in [1.54, 1.807) is 24.3 Å². The highest BCUT2D eigenvalue weighted by molar-refractivity contribution is 6.35. The summed E-state index contributed by atoms with van der Waals surface area (Å²) < 4.78 is 13.7. The van der Waals surface area contributed by atoms with E-state index in [9.17, 15) is 18.8 Å². The molecule has 0 radical (unpaired) electrons. The Morgan fingerprint density at radius 1 is 0.933 bits per heavy atom. The van der Waals surface area contributed by atoms with Crippen LogP contribution < -0.4 is 10.2 Å². The van der Waals surface area contributed by atoms with Crippen molar-refractivity contribution in [2.45, 2.75) is 20.4 Å². The summed E-state index contributed by atoms with van der Waals surface area (Å²) in [6.45, 7) is 3.74. The van der Waals surface area contributed by atoms with Crippen LogP contribution in [-0.2, 0) is 6.54 Å². The molecule has 3 aromatic carbocycles. The first-order valence-electron chi connectivity index (χ1n) is 9.48. The van der Waals surface area contributed by atoms with Gasteiger partial charge in [-0.1, -0.05) is 30.3 Å². The van der Waals surface area contributed by atoms with E-state index in [0.717, 1.165) is 16.0 Å². The van der Waals surface area contributed by atoms with Crippen molar-refractivity contribution < 1.29 is 18.8 Å². The van der Waals surface area contributed by atoms with Crippen LogP contribution in [0.1, 0.15) is 47.8 Å². The van der Waals surface area contributed by atoms with Crippen LogP contribution in [0, 0.1) is 19.7 Å². The van der Waals surface area contributed by atoms with Gasteiger partial charge in [-0.25, -0.2) is 9.29 Å². The molecule has 1 N–H and O–H groups in total. The fourth-order valence-corrected chi connectivity index (χ4v) is 3.48. The molecule has 30 heavy (non-hydrogen) atoms. The van der Waals surface area contributed by atoms with E-state index in [-0.39, 0.29) is 23.2 Å². The predicted molar refractivity (Wildman–Crippen MR) is 111 cm³/mol. The lowest BCUT2D eigenvalue weighted by molar-refractivity contribution is 0.0923. The minimum absolute atomic E-state index is 0.0179. The van der Waals surface area contributed by atoms with Crippen LogP contribution in [-0.4, -0.2) is 17.7 Å². The third kappa shape index (κ3) is 3.37. The van der Waals surface area contributed by atoms with Gasteiger partial charge in [0.2, 0.25) is 0 Å². The topological polar surface area (TPSA) is 66.5 Å². The lowest BCUT2D eigenvalue weighted by Gasteiger charge is -2.17. The van der Waals surface area contributed by atoms with E-state index in [2.05, 4.69) is 5.32 Å². The van der Waals surface area contributed by atoms with Crippen LogP contribution in [0.25, 0.3) is 0 Å². The van der Waals surface area contributed by atoms with Gasteiger partial charge in [-0.2, -0.15) is 0 Å². The average Bonchev–Trinajstić information content (AvgIpc) is 2.99. The largest absolute Gasteiger partial charge is 0.348 e. The third-order valence-corrected chi connectivity index (χ3v) is 5.15. The highest BCUT2D eigenvalue weighted by Crippen LogP contribution is 2.31. The summed E-state index contributed by atoms with van der Waals surface area (Å²) in [7, 11) is 0. The summed E-state index contributed by atoms with van der Waals surface area (Å²) in [5.74, 6) is -1.74. The maximum Gasteiger partial charge on any atom is 0.266 e. The molecule has 0 aromatic heterocycles. The number of carbonyl (C=O) groups is 3. The van der Waals surface area contributed by atoms with Crippen LogP contribution in [0.2, 0.25) is 0 Å². The zero-order valence-electron chi connectivity index (χ0n) is 16.5. The number of nitrogens with one attached hydrogen (secondary N) is 1. The molecule has 0 unspecified atom stereocenters. The van der Waals surface area contributed by atoms with Gasteiger partial charge in [-0.15, -0.1) is 0 Å². The second kappa shape index (κ2) is 7.55. The Morgan fingerprint density at radius 2 is 1.67 bits per heavy atom. The maximum atomic E-state index is 13.7. The highest BCUT2D eigenvalue weighted by Gasteiger charge is 2.37. The first-order valence-corrected chi connectivity index (χ1v) is 9.48. The van der Waals surface area contributed by atoms with E-state index in [0.29, 0.717) is 11.3 Å². The maximum absolute atomic E-state index is 13.7. The zero-order chi connectivity index (χ0) is 21.4. The molecule has 6 heteroatoms. The number of benzene rings is 3. The first-order chi connectivity index (χ1) is 14.4. The van der Waals surface area contributed by atoms with Gasteiger partial charge in [-0.3, -0.25) is 14.4 Å². The molecule has 0 bridgehead atoms. The molecule has 4 rings (SSSR count). The Bertz CT molecular complexity index is 1200. The van der Waals surface area contributed by atoms with Gasteiger partial charge in [0.05, 0.1) is 16.8 Å². The Kier molecular flexibility index (Phi) is 4.91. The van der Waals surface area contributed by atoms with Gasteiger partial charge in [-0.05, 0) is 55.3 Å². The molecule has 1 aliphatic rings. The Balaban J connectivity index is 1.59. The SMILES string of the molecule is Cc1ccc(C)c(N2C(=O)c3ccc(C(=O)NCc4ccccc4F)cc3C2=O)c1. The van der Waals surface area contributed by atoms with Crippen molar-refractivity contribution in [3.8, 4) is 0 Å². The number of imide groups is 1. The molecular weight excluding hydrogens is 383 g/mol. The lowest BCUT2D eigenvalue weighted by atomic mass is 10.1. The van der Waals surface area contributed by atoms with Crippen LogP contribution in [0.3, 0.4) is 0 Å². The Labute approximate surface area is 173 Å². The van der Waals surface area contributed by atoms with Gasteiger partial charge < -0.3 is 5.32 Å². The normalized spacial score (nSPS) is 12.8. The van der Waals surface area contributed by atoms with Crippen molar-refractivity contribution in [3.63, 3.8) is 0 Å². The fourth-order valence-electron chi connectivity index (χ4n) is 3.48. The van der Waals surface area contributed by atoms with Crippen molar-refractivity contribution >= 4 is 23.4 Å². The highest BCUT2D eigenvalue weighted by atomic mass is 19.1. The molecular formula is C24H19FN2O3. The Morgan fingerprint density at radius 3 is 2.43 bits per heavy atom. The summed E-state index contributed by atoms with van der Waals surface area (Å²) in [5.41, 5.74) is 3.30. The second-order valence-corrected chi connectivity index (χ2v) is 7.27. The number of rotatable bonds is 4. The number of hydrogen-bond acceptors (Lipinski definition) is 3. The van der Waals surface area contributed by atoms with Crippen LogP contribution in [0.5, 0.6) is 0 Å². The van der Waals surface area contributed by atoms with Crippen LogP contribution in [0.15, 0.2) is 60.7 Å². The molecule has 0 aliphatic carbocycles. The molecule has 0 saturated carbocycles. The molecule has 1 aliphatic heterocycles. The number of carbonyl (C=O) groups excluding carboxylic acids is 3. The summed E-state index contributed by atoms with van der Waals surface area (Å²) in [5, 5.41) is 2.64. The van der Waals surface area contributed by atoms with Gasteiger partial charge in [0.15, 0.2) is 0 Å². The molecule has 0 atom stereocenters. The monoisotopic (exact) mass is 402 g/mol. The average molecular weight is 402 g/mol. The number of nitrogens with zero attached hydrogens (tertiary/aromatic N) is 1. The van der Waals surface area contributed by atoms with E-state index in [1.807, 2.05) is 26.0 Å². The molecule has 3 aromatic rings. The third-order valence-electron chi connectivity index (χ3n) is 5.15. The summed E-state index contributed by atoms with van der Waals surface area (Å²) in [6, 6.07) is 16.1. The number of halogens is 1. The van der Waals surface area contributed by atoms with Crippen molar-refractivity contribution in [2.75, 3.05) is 4.90 Å². The molecule has 1 heterocycles. The minimum atomic E-state index is -0.465. The fraction of sp³-hybridized carbons (Fsp3) is 0.125. The van der Waals surface area contributed by atoms with Gasteiger partial charge >= 0.3 is 0 Å². The van der Waals surface area contributed by atoms with Gasteiger partial charge in [0.1, 0.15) is 5.82 Å². The van der Waals surface area contributed by atoms with Crippen LogP contribution >= 0.6 is 0 Å². The van der Waals surface area contributed by atoms with Crippen molar-refractivity contribution in [1.82, 2.24) is 5.32 Å². The van der Waals surface area contributed by atoms with Crippen molar-refractivity contribution in [3.05, 3.63) is 99.9 Å².